The van der Waals surface area contributed by atoms with E-state index in [4.69, 9.17) is 10.5 Å². The van der Waals surface area contributed by atoms with E-state index in [-0.39, 0.29) is 24.2 Å². The van der Waals surface area contributed by atoms with Crippen LogP contribution in [0.15, 0.2) is 48.5 Å². The standard InChI is InChI=1S/C21H26FNO2/c1-2-6-17-13-19(22)10-9-18(17)14-20(23)15-21(24)25-12-11-16-7-4-3-5-8-16/h3-5,7-10,13,20H,2,6,11-12,14-15,23H2,1H3. The molecular weight excluding hydrogens is 317 g/mol. The van der Waals surface area contributed by atoms with Gasteiger partial charge in [0, 0.05) is 12.5 Å². The Balaban J connectivity index is 1.79. The number of esters is 1. The average Bonchev–Trinajstić information content (AvgIpc) is 2.58. The second kappa shape index (κ2) is 9.94. The Labute approximate surface area is 149 Å². The van der Waals surface area contributed by atoms with Gasteiger partial charge in [0.1, 0.15) is 5.82 Å². The van der Waals surface area contributed by atoms with Gasteiger partial charge >= 0.3 is 5.97 Å². The van der Waals surface area contributed by atoms with Gasteiger partial charge in [0.15, 0.2) is 0 Å². The molecule has 0 radical (unpaired) electrons. The lowest BCUT2D eigenvalue weighted by Crippen LogP contribution is -2.28. The third-order valence-electron chi connectivity index (χ3n) is 4.10. The van der Waals surface area contributed by atoms with E-state index >= 15 is 0 Å². The molecule has 0 fully saturated rings. The Morgan fingerprint density at radius 2 is 1.88 bits per heavy atom. The van der Waals surface area contributed by atoms with Crippen LogP contribution in [0.3, 0.4) is 0 Å². The van der Waals surface area contributed by atoms with Crippen LogP contribution in [-0.2, 0) is 28.8 Å². The Kier molecular flexibility index (Phi) is 7.61. The summed E-state index contributed by atoms with van der Waals surface area (Å²) in [4.78, 5) is 11.9. The first-order valence-electron chi connectivity index (χ1n) is 8.81. The van der Waals surface area contributed by atoms with Crippen molar-refractivity contribution in [2.75, 3.05) is 6.61 Å². The smallest absolute Gasteiger partial charge is 0.307 e. The van der Waals surface area contributed by atoms with E-state index in [1.807, 2.05) is 30.3 Å². The molecule has 0 aromatic heterocycles. The van der Waals surface area contributed by atoms with Crippen LogP contribution in [0.2, 0.25) is 0 Å². The van der Waals surface area contributed by atoms with Crippen molar-refractivity contribution in [2.45, 2.75) is 45.1 Å². The van der Waals surface area contributed by atoms with Crippen molar-refractivity contribution >= 4 is 5.97 Å². The van der Waals surface area contributed by atoms with E-state index in [1.54, 1.807) is 12.1 Å². The zero-order valence-electron chi connectivity index (χ0n) is 14.7. The molecule has 0 heterocycles. The molecule has 25 heavy (non-hydrogen) atoms. The maximum Gasteiger partial charge on any atom is 0.307 e. The minimum absolute atomic E-state index is 0.164. The van der Waals surface area contributed by atoms with Gasteiger partial charge in [0.2, 0.25) is 0 Å². The van der Waals surface area contributed by atoms with E-state index in [0.717, 1.165) is 29.5 Å². The zero-order valence-corrected chi connectivity index (χ0v) is 14.7. The Bertz CT molecular complexity index is 673. The summed E-state index contributed by atoms with van der Waals surface area (Å²) < 4.78 is 18.7. The van der Waals surface area contributed by atoms with Crippen LogP contribution in [0.1, 0.15) is 36.5 Å². The van der Waals surface area contributed by atoms with E-state index in [2.05, 4.69) is 6.92 Å². The zero-order chi connectivity index (χ0) is 18.1. The van der Waals surface area contributed by atoms with E-state index < -0.39 is 0 Å². The van der Waals surface area contributed by atoms with Crippen LogP contribution in [-0.4, -0.2) is 18.6 Å². The largest absolute Gasteiger partial charge is 0.465 e. The number of halogens is 1. The highest BCUT2D eigenvalue weighted by molar-refractivity contribution is 5.70. The molecule has 1 unspecified atom stereocenters. The fourth-order valence-corrected chi connectivity index (χ4v) is 2.85. The van der Waals surface area contributed by atoms with Crippen LogP contribution in [0.5, 0.6) is 0 Å². The summed E-state index contributed by atoms with van der Waals surface area (Å²) in [7, 11) is 0. The summed E-state index contributed by atoms with van der Waals surface area (Å²) in [6.45, 7) is 2.41. The van der Waals surface area contributed by atoms with E-state index in [9.17, 15) is 9.18 Å². The van der Waals surface area contributed by atoms with Gasteiger partial charge in [0.25, 0.3) is 0 Å². The lowest BCUT2D eigenvalue weighted by molar-refractivity contribution is -0.143. The second-order valence-electron chi connectivity index (χ2n) is 6.29. The average molecular weight is 343 g/mol. The molecule has 0 amide bonds. The van der Waals surface area contributed by atoms with Gasteiger partial charge in [-0.3, -0.25) is 4.79 Å². The van der Waals surface area contributed by atoms with Gasteiger partial charge in [-0.25, -0.2) is 4.39 Å². The molecule has 134 valence electrons. The Morgan fingerprint density at radius 1 is 1.12 bits per heavy atom. The summed E-state index contributed by atoms with van der Waals surface area (Å²) in [5.41, 5.74) is 9.21. The quantitative estimate of drug-likeness (QED) is 0.704. The molecule has 0 bridgehead atoms. The van der Waals surface area contributed by atoms with Gasteiger partial charge in [-0.1, -0.05) is 49.7 Å². The minimum Gasteiger partial charge on any atom is -0.465 e. The van der Waals surface area contributed by atoms with E-state index in [0.29, 0.717) is 19.4 Å². The summed E-state index contributed by atoms with van der Waals surface area (Å²) in [6.07, 6.45) is 3.15. The highest BCUT2D eigenvalue weighted by atomic mass is 19.1. The first-order chi connectivity index (χ1) is 12.1. The topological polar surface area (TPSA) is 52.3 Å². The molecule has 0 spiro atoms. The summed E-state index contributed by atoms with van der Waals surface area (Å²) in [5.74, 6) is -0.524. The van der Waals surface area contributed by atoms with Crippen molar-refractivity contribution < 1.29 is 13.9 Å². The first kappa shape index (κ1) is 19.1. The highest BCUT2D eigenvalue weighted by Gasteiger charge is 2.14. The summed E-state index contributed by atoms with van der Waals surface area (Å²) in [6, 6.07) is 14.3. The first-order valence-corrected chi connectivity index (χ1v) is 8.81. The molecule has 1 atom stereocenters. The van der Waals surface area contributed by atoms with Gasteiger partial charge in [0.05, 0.1) is 13.0 Å². The van der Waals surface area contributed by atoms with Crippen molar-refractivity contribution in [3.8, 4) is 0 Å². The molecule has 0 saturated heterocycles. The highest BCUT2D eigenvalue weighted by Crippen LogP contribution is 2.16. The Hall–Kier alpha value is -2.20. The molecule has 0 aliphatic rings. The number of carbonyl (C=O) groups is 1. The van der Waals surface area contributed by atoms with Crippen molar-refractivity contribution in [1.29, 1.82) is 0 Å². The molecule has 2 rings (SSSR count). The number of nitrogens with two attached hydrogens (primary N) is 1. The van der Waals surface area contributed by atoms with Crippen LogP contribution in [0.4, 0.5) is 4.39 Å². The molecule has 0 aliphatic carbocycles. The van der Waals surface area contributed by atoms with Gasteiger partial charge in [-0.05, 0) is 41.7 Å². The number of hydrogen-bond acceptors (Lipinski definition) is 3. The van der Waals surface area contributed by atoms with E-state index in [1.165, 1.54) is 6.07 Å². The SMILES string of the molecule is CCCc1cc(F)ccc1CC(N)CC(=O)OCCc1ccccc1. The summed E-state index contributed by atoms with van der Waals surface area (Å²) >= 11 is 0. The fourth-order valence-electron chi connectivity index (χ4n) is 2.85. The number of rotatable bonds is 9. The predicted octanol–water partition coefficient (Wildman–Crippen LogP) is 3.82. The normalized spacial score (nSPS) is 12.0. The summed E-state index contributed by atoms with van der Waals surface area (Å²) in [5, 5.41) is 0. The molecule has 0 aliphatic heterocycles. The molecule has 3 nitrogen and oxygen atoms in total. The second-order valence-corrected chi connectivity index (χ2v) is 6.29. The van der Waals surface area contributed by atoms with Crippen molar-refractivity contribution in [3.63, 3.8) is 0 Å². The lowest BCUT2D eigenvalue weighted by Gasteiger charge is -2.14. The van der Waals surface area contributed by atoms with Gasteiger partial charge in [-0.15, -0.1) is 0 Å². The monoisotopic (exact) mass is 343 g/mol. The fraction of sp³-hybridized carbons (Fsp3) is 0.381. The third-order valence-corrected chi connectivity index (χ3v) is 4.10. The van der Waals surface area contributed by atoms with Crippen molar-refractivity contribution in [3.05, 3.63) is 71.0 Å². The number of benzene rings is 2. The molecule has 2 N–H and O–H groups in total. The molecular formula is C21H26FNO2. The molecule has 0 saturated carbocycles. The molecule has 2 aromatic carbocycles. The van der Waals surface area contributed by atoms with Crippen LogP contribution in [0, 0.1) is 5.82 Å². The molecule has 4 heteroatoms. The van der Waals surface area contributed by atoms with Crippen LogP contribution in [0.25, 0.3) is 0 Å². The number of carbonyl (C=O) groups excluding carboxylic acids is 1. The minimum atomic E-state index is -0.328. The van der Waals surface area contributed by atoms with Gasteiger partial charge in [-0.2, -0.15) is 0 Å². The van der Waals surface area contributed by atoms with Crippen molar-refractivity contribution in [2.24, 2.45) is 5.73 Å². The Morgan fingerprint density at radius 3 is 2.60 bits per heavy atom. The number of aryl methyl sites for hydroxylation is 1. The number of ether oxygens (including phenoxy) is 1. The molecule has 2 aromatic rings. The van der Waals surface area contributed by atoms with Gasteiger partial charge < -0.3 is 10.5 Å². The van der Waals surface area contributed by atoms with Crippen molar-refractivity contribution in [1.82, 2.24) is 0 Å². The maximum atomic E-state index is 13.4. The third kappa shape index (κ3) is 6.67. The van der Waals surface area contributed by atoms with Crippen LogP contribution >= 0.6 is 0 Å². The van der Waals surface area contributed by atoms with Crippen LogP contribution < -0.4 is 5.73 Å². The number of hydrogen-bond donors (Lipinski definition) is 1. The maximum absolute atomic E-state index is 13.4. The lowest BCUT2D eigenvalue weighted by atomic mass is 9.96. The predicted molar refractivity (Wildman–Crippen MR) is 97.8 cm³/mol.